The van der Waals surface area contributed by atoms with E-state index in [1.165, 1.54) is 17.3 Å². The normalized spacial score (nSPS) is 10.8. The van der Waals surface area contributed by atoms with Gasteiger partial charge in [0.15, 0.2) is 0 Å². The maximum absolute atomic E-state index is 11.4. The summed E-state index contributed by atoms with van der Waals surface area (Å²) < 4.78 is 10.1. The molecule has 1 aromatic carbocycles. The molecule has 0 aliphatic heterocycles. The van der Waals surface area contributed by atoms with Crippen LogP contribution in [0.1, 0.15) is 19.4 Å². The van der Waals surface area contributed by atoms with Crippen molar-refractivity contribution in [3.05, 3.63) is 29.8 Å². The van der Waals surface area contributed by atoms with Crippen molar-refractivity contribution in [1.29, 1.82) is 0 Å². The lowest BCUT2D eigenvalue weighted by atomic mass is 10.2. The highest BCUT2D eigenvalue weighted by Crippen LogP contribution is 2.18. The van der Waals surface area contributed by atoms with Crippen LogP contribution >= 0.6 is 11.8 Å². The predicted molar refractivity (Wildman–Crippen MR) is 82.0 cm³/mol. The molecule has 4 nitrogen and oxygen atoms in total. The van der Waals surface area contributed by atoms with Gasteiger partial charge in [-0.2, -0.15) is 0 Å². The Morgan fingerprint density at radius 2 is 2.00 bits per heavy atom. The number of ether oxygens (including phenoxy) is 2. The van der Waals surface area contributed by atoms with E-state index in [1.807, 2.05) is 26.0 Å². The number of thioether (sulfide) groups is 1. The molecule has 20 heavy (non-hydrogen) atoms. The highest BCUT2D eigenvalue weighted by molar-refractivity contribution is 8.00. The number of nitrogens with one attached hydrogen (secondary N) is 1. The third-order valence-electron chi connectivity index (χ3n) is 2.46. The van der Waals surface area contributed by atoms with E-state index in [-0.39, 0.29) is 12.1 Å². The predicted octanol–water partition coefficient (Wildman–Crippen LogP) is 2.47. The van der Waals surface area contributed by atoms with Crippen LogP contribution in [0.3, 0.4) is 0 Å². The van der Waals surface area contributed by atoms with Crippen molar-refractivity contribution in [2.24, 2.45) is 0 Å². The van der Waals surface area contributed by atoms with E-state index < -0.39 is 0 Å². The molecule has 5 heteroatoms. The summed E-state index contributed by atoms with van der Waals surface area (Å²) in [5.41, 5.74) is 1.22. The van der Waals surface area contributed by atoms with Crippen LogP contribution < -0.4 is 5.32 Å². The lowest BCUT2D eigenvalue weighted by Gasteiger charge is -2.08. The summed E-state index contributed by atoms with van der Waals surface area (Å²) in [6, 6.07) is 8.19. The highest BCUT2D eigenvalue weighted by atomic mass is 32.2. The number of hydrogen-bond donors (Lipinski definition) is 1. The van der Waals surface area contributed by atoms with Crippen LogP contribution in [0.5, 0.6) is 0 Å². The standard InChI is InChI=1S/C15H23NO3S/c1-12(2)19-15(17)11-20-14-6-4-13(5-7-14)10-16-8-9-18-3/h4-7,12,16H,8-11H2,1-3H3. The third-order valence-corrected chi connectivity index (χ3v) is 3.44. The van der Waals surface area contributed by atoms with Crippen molar-refractivity contribution >= 4 is 17.7 Å². The van der Waals surface area contributed by atoms with Gasteiger partial charge in [0.1, 0.15) is 0 Å². The number of esters is 1. The smallest absolute Gasteiger partial charge is 0.316 e. The van der Waals surface area contributed by atoms with E-state index in [2.05, 4.69) is 17.4 Å². The second kappa shape index (κ2) is 9.80. The number of carbonyl (C=O) groups excluding carboxylic acids is 1. The Hall–Kier alpha value is -1.04. The largest absolute Gasteiger partial charge is 0.462 e. The summed E-state index contributed by atoms with van der Waals surface area (Å²) in [7, 11) is 1.69. The molecule has 0 heterocycles. The van der Waals surface area contributed by atoms with Crippen molar-refractivity contribution in [3.8, 4) is 0 Å². The van der Waals surface area contributed by atoms with E-state index >= 15 is 0 Å². The Morgan fingerprint density at radius 1 is 1.30 bits per heavy atom. The molecule has 0 radical (unpaired) electrons. The lowest BCUT2D eigenvalue weighted by molar-refractivity contribution is -0.144. The van der Waals surface area contributed by atoms with Crippen LogP contribution in [0.4, 0.5) is 0 Å². The summed E-state index contributed by atoms with van der Waals surface area (Å²) in [6.45, 7) is 6.09. The minimum atomic E-state index is -0.171. The number of methoxy groups -OCH3 is 1. The first kappa shape index (κ1) is 17.0. The Kier molecular flexibility index (Phi) is 8.34. The molecule has 0 spiro atoms. The summed E-state index contributed by atoms with van der Waals surface area (Å²) in [6.07, 6.45) is -0.0522. The van der Waals surface area contributed by atoms with Gasteiger partial charge in [0.05, 0.1) is 18.5 Å². The SMILES string of the molecule is COCCNCc1ccc(SCC(=O)OC(C)C)cc1. The Morgan fingerprint density at radius 3 is 2.60 bits per heavy atom. The molecule has 0 saturated heterocycles. The topological polar surface area (TPSA) is 47.6 Å². The van der Waals surface area contributed by atoms with Gasteiger partial charge in [0, 0.05) is 25.1 Å². The van der Waals surface area contributed by atoms with Crippen LogP contribution in [0, 0.1) is 0 Å². The molecule has 0 saturated carbocycles. The van der Waals surface area contributed by atoms with Gasteiger partial charge < -0.3 is 14.8 Å². The van der Waals surface area contributed by atoms with Crippen molar-refractivity contribution in [1.82, 2.24) is 5.32 Å². The summed E-state index contributed by atoms with van der Waals surface area (Å²) >= 11 is 1.50. The molecule has 0 aliphatic rings. The Bertz CT molecular complexity index is 393. The van der Waals surface area contributed by atoms with Gasteiger partial charge in [-0.3, -0.25) is 4.79 Å². The van der Waals surface area contributed by atoms with E-state index in [9.17, 15) is 4.79 Å². The molecule has 112 valence electrons. The molecular weight excluding hydrogens is 274 g/mol. The number of carbonyl (C=O) groups is 1. The fourth-order valence-corrected chi connectivity index (χ4v) is 2.23. The zero-order valence-electron chi connectivity index (χ0n) is 12.3. The number of benzene rings is 1. The molecule has 0 amide bonds. The van der Waals surface area contributed by atoms with Crippen LogP contribution in [0.15, 0.2) is 29.2 Å². The second-order valence-electron chi connectivity index (χ2n) is 4.64. The molecular formula is C15H23NO3S. The Labute approximate surface area is 125 Å². The quantitative estimate of drug-likeness (QED) is 0.431. The number of hydrogen-bond acceptors (Lipinski definition) is 5. The van der Waals surface area contributed by atoms with E-state index in [0.717, 1.165) is 18.0 Å². The van der Waals surface area contributed by atoms with Crippen LogP contribution in [0.25, 0.3) is 0 Å². The maximum atomic E-state index is 11.4. The molecule has 1 aromatic rings. The highest BCUT2D eigenvalue weighted by Gasteiger charge is 2.06. The molecule has 0 atom stereocenters. The van der Waals surface area contributed by atoms with Crippen LogP contribution in [0.2, 0.25) is 0 Å². The molecule has 1 N–H and O–H groups in total. The minimum absolute atomic E-state index is 0.0522. The van der Waals surface area contributed by atoms with Crippen LogP contribution in [-0.2, 0) is 20.8 Å². The van der Waals surface area contributed by atoms with Gasteiger partial charge in [0.2, 0.25) is 0 Å². The van der Waals surface area contributed by atoms with Crippen LogP contribution in [-0.4, -0.2) is 38.1 Å². The van der Waals surface area contributed by atoms with Gasteiger partial charge in [-0.25, -0.2) is 0 Å². The zero-order valence-corrected chi connectivity index (χ0v) is 13.2. The Balaban J connectivity index is 2.29. The number of rotatable bonds is 9. The molecule has 0 aliphatic carbocycles. The zero-order chi connectivity index (χ0) is 14.8. The minimum Gasteiger partial charge on any atom is -0.462 e. The second-order valence-corrected chi connectivity index (χ2v) is 5.69. The molecule has 0 aromatic heterocycles. The van der Waals surface area contributed by atoms with Gasteiger partial charge in [-0.15, -0.1) is 11.8 Å². The molecule has 1 rings (SSSR count). The van der Waals surface area contributed by atoms with E-state index in [0.29, 0.717) is 12.4 Å². The average molecular weight is 297 g/mol. The van der Waals surface area contributed by atoms with E-state index in [1.54, 1.807) is 7.11 Å². The first-order chi connectivity index (χ1) is 9.61. The average Bonchev–Trinajstić information content (AvgIpc) is 2.42. The summed E-state index contributed by atoms with van der Waals surface area (Å²) in [5.74, 6) is 0.180. The van der Waals surface area contributed by atoms with Gasteiger partial charge in [0.25, 0.3) is 0 Å². The first-order valence-electron chi connectivity index (χ1n) is 6.72. The fourth-order valence-electron chi connectivity index (χ4n) is 1.55. The van der Waals surface area contributed by atoms with Gasteiger partial charge in [-0.1, -0.05) is 12.1 Å². The molecule has 0 fully saturated rings. The third kappa shape index (κ3) is 7.53. The van der Waals surface area contributed by atoms with Crippen molar-refractivity contribution < 1.29 is 14.3 Å². The molecule has 0 unspecified atom stereocenters. The summed E-state index contributed by atoms with van der Waals surface area (Å²) in [4.78, 5) is 12.5. The lowest BCUT2D eigenvalue weighted by Crippen LogP contribution is -2.18. The monoisotopic (exact) mass is 297 g/mol. The van der Waals surface area contributed by atoms with Gasteiger partial charge in [-0.05, 0) is 31.5 Å². The summed E-state index contributed by atoms with van der Waals surface area (Å²) in [5, 5.41) is 3.29. The van der Waals surface area contributed by atoms with Crippen molar-refractivity contribution in [2.45, 2.75) is 31.4 Å². The van der Waals surface area contributed by atoms with E-state index in [4.69, 9.17) is 9.47 Å². The first-order valence-corrected chi connectivity index (χ1v) is 7.71. The van der Waals surface area contributed by atoms with Crippen molar-refractivity contribution in [3.63, 3.8) is 0 Å². The van der Waals surface area contributed by atoms with Gasteiger partial charge >= 0.3 is 5.97 Å². The maximum Gasteiger partial charge on any atom is 0.316 e. The van der Waals surface area contributed by atoms with Crippen molar-refractivity contribution in [2.75, 3.05) is 26.0 Å². The fraction of sp³-hybridized carbons (Fsp3) is 0.533. The molecule has 0 bridgehead atoms.